The second-order valence-electron chi connectivity index (χ2n) is 6.03. The van der Waals surface area contributed by atoms with E-state index in [1.807, 2.05) is 41.8 Å². The molecule has 3 heterocycles. The van der Waals surface area contributed by atoms with Crippen LogP contribution in [0.15, 0.2) is 54.9 Å². The van der Waals surface area contributed by atoms with Gasteiger partial charge in [0.1, 0.15) is 11.5 Å². The first-order valence-corrected chi connectivity index (χ1v) is 9.02. The van der Waals surface area contributed by atoms with Crippen LogP contribution in [0.4, 0.5) is 11.5 Å². The number of methoxy groups -OCH3 is 1. The molecule has 0 amide bonds. The first-order chi connectivity index (χ1) is 13.0. The number of benzene rings is 1. The van der Waals surface area contributed by atoms with Gasteiger partial charge < -0.3 is 10.1 Å². The summed E-state index contributed by atoms with van der Waals surface area (Å²) in [5.41, 5.74) is 4.41. The average molecular weight is 399 g/mol. The largest absolute Gasteiger partial charge is 0.481 e. The Labute approximate surface area is 166 Å². The van der Waals surface area contributed by atoms with Crippen molar-refractivity contribution in [2.24, 2.45) is 0 Å². The monoisotopic (exact) mass is 398 g/mol. The zero-order chi connectivity index (χ0) is 19.0. The van der Waals surface area contributed by atoms with Crippen molar-refractivity contribution in [2.75, 3.05) is 12.4 Å². The molecule has 27 heavy (non-hydrogen) atoms. The average Bonchev–Trinajstić information content (AvgIpc) is 2.99. The number of aromatic nitrogens is 3. The number of anilines is 2. The lowest BCUT2D eigenvalue weighted by molar-refractivity contribution is 0.398. The summed E-state index contributed by atoms with van der Waals surface area (Å²) in [5, 5.41) is 4.55. The second kappa shape index (κ2) is 7.10. The van der Waals surface area contributed by atoms with Gasteiger partial charge in [0.25, 0.3) is 0 Å². The van der Waals surface area contributed by atoms with Crippen molar-refractivity contribution >= 4 is 40.4 Å². The number of imidazole rings is 1. The van der Waals surface area contributed by atoms with Gasteiger partial charge in [0, 0.05) is 34.6 Å². The second-order valence-corrected chi connectivity index (χ2v) is 6.87. The molecule has 0 fully saturated rings. The number of hydrogen-bond acceptors (Lipinski definition) is 4. The summed E-state index contributed by atoms with van der Waals surface area (Å²) in [7, 11) is 1.60. The van der Waals surface area contributed by atoms with Crippen LogP contribution < -0.4 is 10.1 Å². The highest BCUT2D eigenvalue weighted by Crippen LogP contribution is 2.31. The quantitative estimate of drug-likeness (QED) is 0.474. The molecule has 4 aromatic rings. The van der Waals surface area contributed by atoms with Crippen molar-refractivity contribution < 1.29 is 4.74 Å². The predicted octanol–water partition coefficient (Wildman–Crippen LogP) is 5.76. The maximum atomic E-state index is 6.30. The molecular weight excluding hydrogens is 383 g/mol. The third-order valence-corrected chi connectivity index (χ3v) is 4.82. The lowest BCUT2D eigenvalue weighted by Gasteiger charge is -2.11. The van der Waals surface area contributed by atoms with Crippen molar-refractivity contribution in [3.8, 4) is 17.0 Å². The Bertz CT molecular complexity index is 1120. The lowest BCUT2D eigenvalue weighted by Crippen LogP contribution is -1.98. The fraction of sp³-hybridized carbons (Fsp3) is 0.100. The highest BCUT2D eigenvalue weighted by molar-refractivity contribution is 6.35. The highest BCUT2D eigenvalue weighted by atomic mass is 35.5. The molecule has 1 N–H and O–H groups in total. The Balaban J connectivity index is 1.78. The molecular formula is C20H16Cl2N4O. The van der Waals surface area contributed by atoms with E-state index >= 15 is 0 Å². The van der Waals surface area contributed by atoms with Crippen LogP contribution in [0.2, 0.25) is 10.0 Å². The first-order valence-electron chi connectivity index (χ1n) is 8.26. The smallest absolute Gasteiger partial charge is 0.212 e. The van der Waals surface area contributed by atoms with Crippen LogP contribution in [0.3, 0.4) is 0 Å². The normalized spacial score (nSPS) is 11.0. The van der Waals surface area contributed by atoms with Crippen molar-refractivity contribution in [1.82, 2.24) is 14.4 Å². The molecule has 136 valence electrons. The van der Waals surface area contributed by atoms with Gasteiger partial charge in [-0.05, 0) is 43.3 Å². The van der Waals surface area contributed by atoms with Crippen molar-refractivity contribution in [2.45, 2.75) is 6.92 Å². The molecule has 0 aliphatic heterocycles. The van der Waals surface area contributed by atoms with Crippen molar-refractivity contribution in [1.29, 1.82) is 0 Å². The Hall–Kier alpha value is -2.76. The summed E-state index contributed by atoms with van der Waals surface area (Å²) in [6.07, 6.45) is 3.80. The highest BCUT2D eigenvalue weighted by Gasteiger charge is 2.12. The lowest BCUT2D eigenvalue weighted by atomic mass is 10.1. The molecule has 0 saturated heterocycles. The summed E-state index contributed by atoms with van der Waals surface area (Å²) < 4.78 is 7.12. The molecule has 0 unspecified atom stereocenters. The predicted molar refractivity (Wildman–Crippen MR) is 109 cm³/mol. The van der Waals surface area contributed by atoms with E-state index in [-0.39, 0.29) is 0 Å². The summed E-state index contributed by atoms with van der Waals surface area (Å²) in [6, 6.07) is 13.1. The molecule has 0 spiro atoms. The van der Waals surface area contributed by atoms with Gasteiger partial charge in [-0.3, -0.25) is 4.40 Å². The molecule has 0 aliphatic rings. The Morgan fingerprint density at radius 3 is 2.59 bits per heavy atom. The Morgan fingerprint density at radius 1 is 1.04 bits per heavy atom. The number of nitrogens with zero attached hydrogens (tertiary/aromatic N) is 3. The van der Waals surface area contributed by atoms with Crippen LogP contribution in [0.25, 0.3) is 16.8 Å². The fourth-order valence-electron chi connectivity index (χ4n) is 2.88. The number of fused-ring (bicyclic) bond motifs is 1. The van der Waals surface area contributed by atoms with Gasteiger partial charge in [-0.2, -0.15) is 0 Å². The van der Waals surface area contributed by atoms with E-state index in [2.05, 4.69) is 15.3 Å². The van der Waals surface area contributed by atoms with Gasteiger partial charge in [0.05, 0.1) is 23.5 Å². The standard InChI is InChI=1S/C20H16Cl2N4O/c1-12-20(25-17-9-15(21)5-6-16(17)22)26-11-14(3-7-18(26)24-12)13-4-8-19(27-2)23-10-13/h3-11,25H,1-2H3. The molecule has 3 aromatic heterocycles. The maximum absolute atomic E-state index is 6.30. The van der Waals surface area contributed by atoms with Gasteiger partial charge in [-0.25, -0.2) is 9.97 Å². The van der Waals surface area contributed by atoms with E-state index in [0.717, 1.165) is 34.0 Å². The summed E-state index contributed by atoms with van der Waals surface area (Å²) in [4.78, 5) is 8.89. The van der Waals surface area contributed by atoms with Crippen LogP contribution >= 0.6 is 23.2 Å². The molecule has 0 bridgehead atoms. The number of nitrogens with one attached hydrogen (secondary N) is 1. The van der Waals surface area contributed by atoms with Gasteiger partial charge in [-0.15, -0.1) is 0 Å². The number of rotatable bonds is 4. The van der Waals surface area contributed by atoms with Crippen LogP contribution in [0.1, 0.15) is 5.69 Å². The fourth-order valence-corrected chi connectivity index (χ4v) is 3.21. The van der Waals surface area contributed by atoms with E-state index < -0.39 is 0 Å². The van der Waals surface area contributed by atoms with E-state index in [0.29, 0.717) is 15.9 Å². The minimum absolute atomic E-state index is 0.580. The number of aryl methyl sites for hydroxylation is 1. The summed E-state index contributed by atoms with van der Waals surface area (Å²) >= 11 is 12.4. The van der Waals surface area contributed by atoms with E-state index in [9.17, 15) is 0 Å². The minimum atomic E-state index is 0.580. The molecule has 1 aromatic carbocycles. The van der Waals surface area contributed by atoms with Crippen molar-refractivity contribution in [3.63, 3.8) is 0 Å². The third-order valence-electron chi connectivity index (χ3n) is 4.25. The van der Waals surface area contributed by atoms with E-state index in [1.54, 1.807) is 31.5 Å². The Kier molecular flexibility index (Phi) is 4.64. The van der Waals surface area contributed by atoms with E-state index in [1.165, 1.54) is 0 Å². The SMILES string of the molecule is COc1ccc(-c2ccc3nc(C)c(Nc4cc(Cl)ccc4Cl)n3c2)cn1. The molecule has 0 atom stereocenters. The van der Waals surface area contributed by atoms with Crippen LogP contribution in [-0.4, -0.2) is 21.5 Å². The topological polar surface area (TPSA) is 51.5 Å². The Morgan fingerprint density at radius 2 is 1.85 bits per heavy atom. The van der Waals surface area contributed by atoms with Crippen LogP contribution in [-0.2, 0) is 0 Å². The summed E-state index contributed by atoms with van der Waals surface area (Å²) in [6.45, 7) is 1.95. The molecule has 0 aliphatic carbocycles. The first kappa shape index (κ1) is 17.6. The van der Waals surface area contributed by atoms with Crippen LogP contribution in [0.5, 0.6) is 5.88 Å². The van der Waals surface area contributed by atoms with Gasteiger partial charge in [-0.1, -0.05) is 23.2 Å². The van der Waals surface area contributed by atoms with E-state index in [4.69, 9.17) is 27.9 Å². The number of ether oxygens (including phenoxy) is 1. The molecule has 7 heteroatoms. The maximum Gasteiger partial charge on any atom is 0.212 e. The third kappa shape index (κ3) is 3.44. The molecule has 4 rings (SSSR count). The van der Waals surface area contributed by atoms with Gasteiger partial charge >= 0.3 is 0 Å². The van der Waals surface area contributed by atoms with Gasteiger partial charge in [0.15, 0.2) is 0 Å². The van der Waals surface area contributed by atoms with Crippen molar-refractivity contribution in [3.05, 3.63) is 70.6 Å². The molecule has 0 saturated carbocycles. The van der Waals surface area contributed by atoms with Crippen LogP contribution in [0, 0.1) is 6.92 Å². The zero-order valence-electron chi connectivity index (χ0n) is 14.7. The number of hydrogen-bond donors (Lipinski definition) is 1. The minimum Gasteiger partial charge on any atom is -0.481 e. The van der Waals surface area contributed by atoms with Gasteiger partial charge in [0.2, 0.25) is 5.88 Å². The number of halogens is 2. The molecule has 0 radical (unpaired) electrons. The molecule has 5 nitrogen and oxygen atoms in total. The number of pyridine rings is 2. The summed E-state index contributed by atoms with van der Waals surface area (Å²) in [5.74, 6) is 1.41. The zero-order valence-corrected chi connectivity index (χ0v) is 16.2.